The third-order valence-electron chi connectivity index (χ3n) is 4.54. The fourth-order valence-electron chi connectivity index (χ4n) is 3.07. The van der Waals surface area contributed by atoms with E-state index >= 15 is 0 Å². The number of piperidine rings is 1. The van der Waals surface area contributed by atoms with Crippen LogP contribution in [0, 0.1) is 5.92 Å². The van der Waals surface area contributed by atoms with E-state index in [9.17, 15) is 9.59 Å². The van der Waals surface area contributed by atoms with Gasteiger partial charge in [-0.15, -0.1) is 12.4 Å². The van der Waals surface area contributed by atoms with Gasteiger partial charge < -0.3 is 20.3 Å². The number of carbonyl (C=O) groups excluding carboxylic acids is 2. The van der Waals surface area contributed by atoms with Gasteiger partial charge in [0.25, 0.3) is 5.91 Å². The Kier molecular flexibility index (Phi) is 6.45. The highest BCUT2D eigenvalue weighted by Crippen LogP contribution is 2.31. The molecule has 2 heterocycles. The van der Waals surface area contributed by atoms with Crippen LogP contribution >= 0.6 is 12.4 Å². The summed E-state index contributed by atoms with van der Waals surface area (Å²) in [5.74, 6) is 1.05. The van der Waals surface area contributed by atoms with Crippen LogP contribution in [0.4, 0.5) is 5.69 Å². The highest BCUT2D eigenvalue weighted by atomic mass is 35.5. The number of hydrogen-bond acceptors (Lipinski definition) is 4. The van der Waals surface area contributed by atoms with E-state index in [1.807, 2.05) is 24.3 Å². The van der Waals surface area contributed by atoms with Gasteiger partial charge in [-0.05, 0) is 31.0 Å². The van der Waals surface area contributed by atoms with E-state index in [1.165, 1.54) is 0 Å². The van der Waals surface area contributed by atoms with Crippen LogP contribution in [0.25, 0.3) is 0 Å². The monoisotopic (exact) mass is 353 g/mol. The van der Waals surface area contributed by atoms with E-state index in [0.29, 0.717) is 24.6 Å². The Bertz CT molecular complexity index is 596. The second-order valence-electron chi connectivity index (χ2n) is 6.20. The standard InChI is InChI=1S/C17H23N3O3.ClH/c1-12-6-8-18-10-13(12)19-16(21)7-9-20-14-4-2-3-5-15(14)23-11-17(20)22;/h2-5,12-13,18H,6-11H2,1H3,(H,19,21);1H. The number of rotatable bonds is 4. The zero-order chi connectivity index (χ0) is 16.2. The number of hydrogen-bond donors (Lipinski definition) is 2. The van der Waals surface area contributed by atoms with Crippen LogP contribution in [0.3, 0.4) is 0 Å². The number of anilines is 1. The molecule has 2 aliphatic rings. The van der Waals surface area contributed by atoms with E-state index in [1.54, 1.807) is 4.90 Å². The minimum atomic E-state index is -0.107. The zero-order valence-corrected chi connectivity index (χ0v) is 14.6. The molecule has 0 saturated carbocycles. The lowest BCUT2D eigenvalue weighted by atomic mass is 9.95. The average molecular weight is 354 g/mol. The van der Waals surface area contributed by atoms with Crippen molar-refractivity contribution in [1.29, 1.82) is 0 Å². The molecule has 1 saturated heterocycles. The molecule has 2 N–H and O–H groups in total. The van der Waals surface area contributed by atoms with Gasteiger partial charge in [0.15, 0.2) is 6.61 Å². The molecular weight excluding hydrogens is 330 g/mol. The zero-order valence-electron chi connectivity index (χ0n) is 13.8. The van der Waals surface area contributed by atoms with E-state index in [0.717, 1.165) is 25.2 Å². The maximum Gasteiger partial charge on any atom is 0.265 e. The summed E-state index contributed by atoms with van der Waals surface area (Å²) in [5, 5.41) is 6.38. The van der Waals surface area contributed by atoms with Crippen LogP contribution in [0.1, 0.15) is 19.8 Å². The van der Waals surface area contributed by atoms with Crippen LogP contribution in [0.2, 0.25) is 0 Å². The average Bonchev–Trinajstić information content (AvgIpc) is 2.56. The Morgan fingerprint density at radius 3 is 3.00 bits per heavy atom. The summed E-state index contributed by atoms with van der Waals surface area (Å²) in [6.45, 7) is 4.38. The number of benzene rings is 1. The molecule has 0 spiro atoms. The summed E-state index contributed by atoms with van der Waals surface area (Å²) in [6, 6.07) is 7.59. The van der Waals surface area contributed by atoms with E-state index in [4.69, 9.17) is 4.74 Å². The Labute approximate surface area is 148 Å². The fourth-order valence-corrected chi connectivity index (χ4v) is 3.07. The molecule has 1 fully saturated rings. The van der Waals surface area contributed by atoms with Gasteiger partial charge in [0.2, 0.25) is 5.91 Å². The molecule has 0 aromatic heterocycles. The van der Waals surface area contributed by atoms with Crippen LogP contribution in [-0.4, -0.2) is 44.1 Å². The molecule has 132 valence electrons. The van der Waals surface area contributed by atoms with Gasteiger partial charge in [0.1, 0.15) is 5.75 Å². The molecule has 6 nitrogen and oxygen atoms in total. The predicted octanol–water partition coefficient (Wildman–Crippen LogP) is 1.34. The van der Waals surface area contributed by atoms with Gasteiger partial charge in [0, 0.05) is 25.6 Å². The van der Waals surface area contributed by atoms with Crippen molar-refractivity contribution in [2.24, 2.45) is 5.92 Å². The molecule has 2 unspecified atom stereocenters. The number of ether oxygens (including phenoxy) is 1. The first-order valence-electron chi connectivity index (χ1n) is 8.17. The Morgan fingerprint density at radius 1 is 1.42 bits per heavy atom. The summed E-state index contributed by atoms with van der Waals surface area (Å²) in [6.07, 6.45) is 1.36. The minimum Gasteiger partial charge on any atom is -0.482 e. The maximum atomic E-state index is 12.2. The van der Waals surface area contributed by atoms with Crippen molar-refractivity contribution in [2.75, 3.05) is 31.1 Å². The van der Waals surface area contributed by atoms with E-state index in [-0.39, 0.29) is 36.9 Å². The number of para-hydroxylation sites is 2. The summed E-state index contributed by atoms with van der Waals surface area (Å²) in [7, 11) is 0. The quantitative estimate of drug-likeness (QED) is 0.857. The van der Waals surface area contributed by atoms with Crippen LogP contribution in [0.15, 0.2) is 24.3 Å². The normalized spacial score (nSPS) is 22.9. The number of halogens is 1. The van der Waals surface area contributed by atoms with Gasteiger partial charge in [-0.25, -0.2) is 0 Å². The molecule has 3 rings (SSSR count). The highest BCUT2D eigenvalue weighted by Gasteiger charge is 2.26. The van der Waals surface area contributed by atoms with Crippen LogP contribution in [-0.2, 0) is 9.59 Å². The first-order valence-corrected chi connectivity index (χ1v) is 8.17. The molecule has 2 amide bonds. The van der Waals surface area contributed by atoms with Crippen molar-refractivity contribution in [1.82, 2.24) is 10.6 Å². The molecule has 2 aliphatic heterocycles. The van der Waals surface area contributed by atoms with E-state index in [2.05, 4.69) is 17.6 Å². The third-order valence-corrected chi connectivity index (χ3v) is 4.54. The number of nitrogens with zero attached hydrogens (tertiary/aromatic N) is 1. The smallest absolute Gasteiger partial charge is 0.265 e. The molecule has 24 heavy (non-hydrogen) atoms. The van der Waals surface area contributed by atoms with Crippen molar-refractivity contribution < 1.29 is 14.3 Å². The first kappa shape index (κ1) is 18.5. The van der Waals surface area contributed by atoms with Gasteiger partial charge in [-0.2, -0.15) is 0 Å². The van der Waals surface area contributed by atoms with Gasteiger partial charge >= 0.3 is 0 Å². The van der Waals surface area contributed by atoms with Crippen molar-refractivity contribution in [3.05, 3.63) is 24.3 Å². The number of amides is 2. The van der Waals surface area contributed by atoms with E-state index < -0.39 is 0 Å². The predicted molar refractivity (Wildman–Crippen MR) is 94.7 cm³/mol. The molecular formula is C17H24ClN3O3. The van der Waals surface area contributed by atoms with Crippen LogP contribution in [0.5, 0.6) is 5.75 Å². The maximum absolute atomic E-state index is 12.2. The van der Waals surface area contributed by atoms with Crippen molar-refractivity contribution in [3.8, 4) is 5.75 Å². The highest BCUT2D eigenvalue weighted by molar-refractivity contribution is 5.98. The number of carbonyl (C=O) groups is 2. The second-order valence-corrected chi connectivity index (χ2v) is 6.20. The lowest BCUT2D eigenvalue weighted by Crippen LogP contribution is -2.50. The summed E-state index contributed by atoms with van der Waals surface area (Å²) < 4.78 is 5.41. The largest absolute Gasteiger partial charge is 0.482 e. The Morgan fingerprint density at radius 2 is 2.21 bits per heavy atom. The molecule has 2 atom stereocenters. The van der Waals surface area contributed by atoms with Gasteiger partial charge in [-0.3, -0.25) is 9.59 Å². The summed E-state index contributed by atoms with van der Waals surface area (Å²) >= 11 is 0. The summed E-state index contributed by atoms with van der Waals surface area (Å²) in [4.78, 5) is 25.9. The molecule has 0 aliphatic carbocycles. The SMILES string of the molecule is CC1CCNCC1NC(=O)CCN1C(=O)COc2ccccc21.Cl. The molecule has 7 heteroatoms. The lowest BCUT2D eigenvalue weighted by Gasteiger charge is -2.31. The lowest BCUT2D eigenvalue weighted by molar-refractivity contribution is -0.122. The molecule has 0 radical (unpaired) electrons. The topological polar surface area (TPSA) is 70.7 Å². The van der Waals surface area contributed by atoms with Gasteiger partial charge in [-0.1, -0.05) is 19.1 Å². The molecule has 1 aromatic rings. The van der Waals surface area contributed by atoms with Gasteiger partial charge in [0.05, 0.1) is 5.69 Å². The minimum absolute atomic E-state index is 0. The van der Waals surface area contributed by atoms with Crippen molar-refractivity contribution in [3.63, 3.8) is 0 Å². The summed E-state index contributed by atoms with van der Waals surface area (Å²) in [5.41, 5.74) is 0.740. The Hall–Kier alpha value is -1.79. The third kappa shape index (κ3) is 4.19. The number of nitrogens with one attached hydrogen (secondary N) is 2. The fraction of sp³-hybridized carbons (Fsp3) is 0.529. The Balaban J connectivity index is 0.00000208. The molecule has 0 bridgehead atoms. The van der Waals surface area contributed by atoms with Crippen molar-refractivity contribution in [2.45, 2.75) is 25.8 Å². The first-order chi connectivity index (χ1) is 11.1. The second kappa shape index (κ2) is 8.35. The van der Waals surface area contributed by atoms with Crippen LogP contribution < -0.4 is 20.3 Å². The number of fused-ring (bicyclic) bond motifs is 1. The molecule has 1 aromatic carbocycles. The van der Waals surface area contributed by atoms with Crippen molar-refractivity contribution >= 4 is 29.9 Å².